The number of aromatic nitrogens is 4. The number of para-hydroxylation sites is 1. The van der Waals surface area contributed by atoms with Gasteiger partial charge in [-0.05, 0) is 35.4 Å². The molecular weight excluding hydrogens is 308 g/mol. The van der Waals surface area contributed by atoms with Crippen molar-refractivity contribution in [3.05, 3.63) is 36.2 Å². The van der Waals surface area contributed by atoms with Gasteiger partial charge < -0.3 is 10.2 Å². The summed E-state index contributed by atoms with van der Waals surface area (Å²) in [5.74, 6) is 0.248. The van der Waals surface area contributed by atoms with E-state index in [2.05, 4.69) is 20.8 Å². The lowest BCUT2D eigenvalue weighted by atomic mass is 10.1. The Balaban J connectivity index is 1.38. The monoisotopic (exact) mass is 326 g/mol. The van der Waals surface area contributed by atoms with E-state index in [1.165, 1.54) is 0 Å². The van der Waals surface area contributed by atoms with Gasteiger partial charge in [0.2, 0.25) is 11.8 Å². The molecular formula is C16H18N6O2. The highest BCUT2D eigenvalue weighted by Gasteiger charge is 2.41. The third kappa shape index (κ3) is 2.86. The Morgan fingerprint density at radius 3 is 2.79 bits per heavy atom. The molecule has 24 heavy (non-hydrogen) atoms. The minimum atomic E-state index is -0.279. The van der Waals surface area contributed by atoms with Crippen molar-refractivity contribution >= 4 is 11.8 Å². The van der Waals surface area contributed by atoms with Crippen molar-refractivity contribution < 1.29 is 9.59 Å². The minimum Gasteiger partial charge on any atom is -0.348 e. The van der Waals surface area contributed by atoms with Gasteiger partial charge in [0.1, 0.15) is 0 Å². The molecule has 1 N–H and O–H groups in total. The van der Waals surface area contributed by atoms with Crippen LogP contribution in [0.2, 0.25) is 0 Å². The van der Waals surface area contributed by atoms with Crippen molar-refractivity contribution in [2.75, 3.05) is 6.54 Å². The zero-order valence-electron chi connectivity index (χ0n) is 13.1. The number of nitrogens with zero attached hydrogens (tertiary/aromatic N) is 5. The van der Waals surface area contributed by atoms with Crippen molar-refractivity contribution in [1.82, 2.24) is 30.4 Å². The van der Waals surface area contributed by atoms with Crippen LogP contribution in [0.25, 0.3) is 5.69 Å². The van der Waals surface area contributed by atoms with Gasteiger partial charge in [-0.15, -0.1) is 5.10 Å². The Hall–Kier alpha value is -2.77. The number of benzene rings is 1. The number of amides is 2. The van der Waals surface area contributed by atoms with Crippen LogP contribution in [0, 0.1) is 5.92 Å². The van der Waals surface area contributed by atoms with Crippen LogP contribution in [0.5, 0.6) is 0 Å². The fourth-order valence-electron chi connectivity index (χ4n) is 3.04. The standard InChI is InChI=1S/C16H18N6O2/c23-15-8-11(10-21(15)12-6-7-12)16(24)17-9-14-18-19-20-22(14)13-4-2-1-3-5-13/h1-5,11-12H,6-10H2,(H,17,24)/t11-/m1/s1. The SMILES string of the molecule is O=C(NCc1nnnn1-c1ccccc1)[C@@H]1CC(=O)N(C2CC2)C1. The highest BCUT2D eigenvalue weighted by atomic mass is 16.2. The van der Waals surface area contributed by atoms with E-state index in [1.807, 2.05) is 35.2 Å². The first kappa shape index (κ1) is 14.8. The minimum absolute atomic E-state index is 0.0896. The molecule has 1 aliphatic heterocycles. The maximum Gasteiger partial charge on any atom is 0.225 e. The molecule has 124 valence electrons. The second-order valence-electron chi connectivity index (χ2n) is 6.24. The fourth-order valence-corrected chi connectivity index (χ4v) is 3.04. The van der Waals surface area contributed by atoms with Crippen molar-refractivity contribution in [3.63, 3.8) is 0 Å². The number of nitrogens with one attached hydrogen (secondary N) is 1. The fraction of sp³-hybridized carbons (Fsp3) is 0.438. The van der Waals surface area contributed by atoms with E-state index >= 15 is 0 Å². The van der Waals surface area contributed by atoms with Crippen molar-refractivity contribution in [1.29, 1.82) is 0 Å². The average molecular weight is 326 g/mol. The van der Waals surface area contributed by atoms with E-state index in [0.717, 1.165) is 18.5 Å². The molecule has 1 aromatic heterocycles. The maximum absolute atomic E-state index is 12.4. The Morgan fingerprint density at radius 1 is 1.25 bits per heavy atom. The van der Waals surface area contributed by atoms with Gasteiger partial charge in [0.25, 0.3) is 0 Å². The number of rotatable bonds is 5. The Labute approximate surface area is 138 Å². The smallest absolute Gasteiger partial charge is 0.225 e. The van der Waals surface area contributed by atoms with Gasteiger partial charge in [-0.2, -0.15) is 4.68 Å². The maximum atomic E-state index is 12.4. The second kappa shape index (κ2) is 6.03. The molecule has 2 amide bonds. The summed E-state index contributed by atoms with van der Waals surface area (Å²) in [6, 6.07) is 9.86. The van der Waals surface area contributed by atoms with E-state index in [-0.39, 0.29) is 24.3 Å². The zero-order valence-corrected chi connectivity index (χ0v) is 13.1. The number of carbonyl (C=O) groups excluding carboxylic acids is 2. The summed E-state index contributed by atoms with van der Waals surface area (Å²) in [4.78, 5) is 26.2. The Morgan fingerprint density at radius 2 is 2.04 bits per heavy atom. The molecule has 0 spiro atoms. The predicted molar refractivity (Wildman–Crippen MR) is 83.8 cm³/mol. The van der Waals surface area contributed by atoms with Crippen LogP contribution in [0.4, 0.5) is 0 Å². The van der Waals surface area contributed by atoms with Gasteiger partial charge in [-0.25, -0.2) is 0 Å². The summed E-state index contributed by atoms with van der Waals surface area (Å²) in [6.07, 6.45) is 2.42. The average Bonchev–Trinajstić information content (AvgIpc) is 3.20. The number of hydrogen-bond acceptors (Lipinski definition) is 5. The van der Waals surface area contributed by atoms with Gasteiger partial charge in [0.05, 0.1) is 18.2 Å². The van der Waals surface area contributed by atoms with Crippen LogP contribution in [0.15, 0.2) is 30.3 Å². The van der Waals surface area contributed by atoms with Gasteiger partial charge in [-0.3, -0.25) is 9.59 Å². The quantitative estimate of drug-likeness (QED) is 0.852. The summed E-state index contributed by atoms with van der Waals surface area (Å²) in [5, 5.41) is 14.5. The number of hydrogen-bond donors (Lipinski definition) is 1. The second-order valence-corrected chi connectivity index (χ2v) is 6.24. The summed E-state index contributed by atoms with van der Waals surface area (Å²) in [6.45, 7) is 0.758. The Kier molecular flexibility index (Phi) is 3.72. The molecule has 0 bridgehead atoms. The molecule has 1 saturated heterocycles. The van der Waals surface area contributed by atoms with Gasteiger partial charge in [0.15, 0.2) is 5.82 Å². The topological polar surface area (TPSA) is 93.0 Å². The molecule has 1 atom stereocenters. The number of tetrazole rings is 1. The summed E-state index contributed by atoms with van der Waals surface area (Å²) < 4.78 is 1.59. The number of likely N-dealkylation sites (tertiary alicyclic amines) is 1. The molecule has 1 aliphatic carbocycles. The molecule has 0 unspecified atom stereocenters. The van der Waals surface area contributed by atoms with Crippen molar-refractivity contribution in [2.45, 2.75) is 31.8 Å². The first-order chi connectivity index (χ1) is 11.7. The van der Waals surface area contributed by atoms with Crippen molar-refractivity contribution in [3.8, 4) is 5.69 Å². The lowest BCUT2D eigenvalue weighted by Crippen LogP contribution is -2.33. The van der Waals surface area contributed by atoms with Crippen LogP contribution >= 0.6 is 0 Å². The lowest BCUT2D eigenvalue weighted by molar-refractivity contribution is -0.129. The van der Waals surface area contributed by atoms with E-state index in [9.17, 15) is 9.59 Å². The van der Waals surface area contributed by atoms with E-state index in [1.54, 1.807) is 4.68 Å². The molecule has 1 aromatic carbocycles. The molecule has 1 saturated carbocycles. The highest BCUT2D eigenvalue weighted by molar-refractivity contribution is 5.89. The summed E-state index contributed by atoms with van der Waals surface area (Å²) >= 11 is 0. The molecule has 8 nitrogen and oxygen atoms in total. The number of carbonyl (C=O) groups is 2. The van der Waals surface area contributed by atoms with E-state index in [4.69, 9.17) is 0 Å². The molecule has 2 fully saturated rings. The highest BCUT2D eigenvalue weighted by Crippen LogP contribution is 2.32. The summed E-state index contributed by atoms with van der Waals surface area (Å²) in [7, 11) is 0. The van der Waals surface area contributed by atoms with Gasteiger partial charge >= 0.3 is 0 Å². The third-order valence-electron chi connectivity index (χ3n) is 4.47. The van der Waals surface area contributed by atoms with Crippen LogP contribution in [0.1, 0.15) is 25.1 Å². The van der Waals surface area contributed by atoms with Gasteiger partial charge in [-0.1, -0.05) is 18.2 Å². The molecule has 2 heterocycles. The largest absolute Gasteiger partial charge is 0.348 e. The molecule has 2 aliphatic rings. The third-order valence-corrected chi connectivity index (χ3v) is 4.47. The van der Waals surface area contributed by atoms with E-state index < -0.39 is 0 Å². The molecule has 8 heteroatoms. The van der Waals surface area contributed by atoms with Crippen LogP contribution in [-0.4, -0.2) is 49.5 Å². The predicted octanol–water partition coefficient (Wildman–Crippen LogP) is 0.289. The van der Waals surface area contributed by atoms with Crippen LogP contribution in [0.3, 0.4) is 0 Å². The van der Waals surface area contributed by atoms with Crippen molar-refractivity contribution in [2.24, 2.45) is 5.92 Å². The molecule has 2 aromatic rings. The summed E-state index contributed by atoms with van der Waals surface area (Å²) in [5.41, 5.74) is 0.836. The first-order valence-corrected chi connectivity index (χ1v) is 8.12. The zero-order chi connectivity index (χ0) is 16.5. The van der Waals surface area contributed by atoms with Crippen LogP contribution in [-0.2, 0) is 16.1 Å². The Bertz CT molecular complexity index is 755. The molecule has 4 rings (SSSR count). The first-order valence-electron chi connectivity index (χ1n) is 8.12. The van der Waals surface area contributed by atoms with E-state index in [0.29, 0.717) is 24.8 Å². The van der Waals surface area contributed by atoms with Crippen LogP contribution < -0.4 is 5.32 Å². The normalized spacial score (nSPS) is 20.4. The van der Waals surface area contributed by atoms with Gasteiger partial charge in [0, 0.05) is 19.0 Å². The lowest BCUT2D eigenvalue weighted by Gasteiger charge is -2.15. The molecule has 0 radical (unpaired) electrons.